The second-order valence-corrected chi connectivity index (χ2v) is 13.1. The maximum atomic E-state index is 5.09. The minimum Gasteiger partial charge on any atom is -0.233 e. The first-order valence-corrected chi connectivity index (χ1v) is 14.9. The average Bonchev–Trinajstić information content (AvgIpc) is 3.35. The largest absolute Gasteiger partial charge is 0.233 e. The summed E-state index contributed by atoms with van der Waals surface area (Å²) in [6, 6.07) is 36.1. The summed E-state index contributed by atoms with van der Waals surface area (Å²) in [5, 5.41) is 1.09. The third kappa shape index (κ3) is 3.32. The van der Waals surface area contributed by atoms with E-state index in [0.29, 0.717) is 0 Å². The Bertz CT molecular complexity index is 2110. The van der Waals surface area contributed by atoms with Crippen molar-refractivity contribution in [2.24, 2.45) is 0 Å². The number of nitrogens with zero attached hydrogens (tertiary/aromatic N) is 2. The number of hydrogen-bond donors (Lipinski definition) is 0. The molecule has 2 nitrogen and oxygen atoms in total. The van der Waals surface area contributed by atoms with Crippen molar-refractivity contribution < 1.29 is 0 Å². The number of pyridine rings is 2. The van der Waals surface area contributed by atoms with Gasteiger partial charge in [0.1, 0.15) is 0 Å². The van der Waals surface area contributed by atoms with Gasteiger partial charge in [-0.2, -0.15) is 0 Å². The van der Waals surface area contributed by atoms with Gasteiger partial charge < -0.3 is 0 Å². The van der Waals surface area contributed by atoms with Crippen LogP contribution in [-0.4, -0.2) is 9.97 Å². The lowest BCUT2D eigenvalue weighted by molar-refractivity contribution is 0.660. The molecule has 8 rings (SSSR count). The van der Waals surface area contributed by atoms with E-state index >= 15 is 0 Å². The van der Waals surface area contributed by atoms with Gasteiger partial charge in [0.2, 0.25) is 0 Å². The summed E-state index contributed by atoms with van der Waals surface area (Å²) in [6.07, 6.45) is 0. The molecule has 2 heteroatoms. The minimum atomic E-state index is -0.0712. The molecule has 6 aromatic rings. The summed E-state index contributed by atoms with van der Waals surface area (Å²) in [5.74, 6) is 0. The Morgan fingerprint density at radius 1 is 0.476 bits per heavy atom. The Balaban J connectivity index is 1.40. The molecule has 0 atom stereocenters. The highest BCUT2D eigenvalue weighted by Gasteiger charge is 2.37. The molecule has 0 aliphatic heterocycles. The summed E-state index contributed by atoms with van der Waals surface area (Å²) in [6.45, 7) is 13.6. The molecule has 204 valence electrons. The lowest BCUT2D eigenvalue weighted by atomic mass is 9.80. The van der Waals surface area contributed by atoms with Gasteiger partial charge in [0.15, 0.2) is 5.65 Å². The lowest BCUT2D eigenvalue weighted by Gasteiger charge is -2.24. The van der Waals surface area contributed by atoms with Gasteiger partial charge in [-0.3, -0.25) is 0 Å². The van der Waals surface area contributed by atoms with E-state index < -0.39 is 0 Å². The van der Waals surface area contributed by atoms with Gasteiger partial charge in [0.25, 0.3) is 0 Å². The number of aromatic nitrogens is 2. The molecule has 0 fully saturated rings. The van der Waals surface area contributed by atoms with Crippen LogP contribution < -0.4 is 0 Å². The van der Waals surface area contributed by atoms with Crippen molar-refractivity contribution >= 4 is 11.0 Å². The van der Waals surface area contributed by atoms with E-state index in [1.54, 1.807) is 0 Å². The van der Waals surface area contributed by atoms with Crippen molar-refractivity contribution in [2.45, 2.75) is 52.4 Å². The predicted molar refractivity (Wildman–Crippen MR) is 175 cm³/mol. The van der Waals surface area contributed by atoms with Crippen LogP contribution in [0.15, 0.2) is 97.1 Å². The fraction of sp³-hybridized carbons (Fsp3) is 0.200. The van der Waals surface area contributed by atoms with Crippen LogP contribution in [-0.2, 0) is 10.8 Å². The van der Waals surface area contributed by atoms with Crippen molar-refractivity contribution in [2.75, 3.05) is 0 Å². The molecular formula is C40H34N2. The zero-order valence-electron chi connectivity index (χ0n) is 25.1. The Morgan fingerprint density at radius 2 is 0.976 bits per heavy atom. The summed E-state index contributed by atoms with van der Waals surface area (Å²) in [5.41, 5.74) is 18.4. The summed E-state index contributed by atoms with van der Waals surface area (Å²) < 4.78 is 0. The molecule has 0 N–H and O–H groups in total. The average molecular weight is 543 g/mol. The third-order valence-electron chi connectivity index (χ3n) is 9.91. The van der Waals surface area contributed by atoms with Crippen molar-refractivity contribution in [1.29, 1.82) is 0 Å². The third-order valence-corrected chi connectivity index (χ3v) is 9.91. The molecule has 2 aliphatic carbocycles. The highest BCUT2D eigenvalue weighted by Crippen LogP contribution is 2.52. The molecule has 0 amide bonds. The van der Waals surface area contributed by atoms with E-state index in [1.165, 1.54) is 66.8 Å². The SMILES string of the molecule is Cc1ccc2c(-c3ccc4c(c3)C(C)(C)c3ccccc3-4)c(-c3ccc4c(c3)C(C)(C)c3ccccc3-4)c(C)nc2n1. The first-order valence-electron chi connectivity index (χ1n) is 14.9. The Hall–Kier alpha value is -4.56. The molecule has 0 spiro atoms. The Labute approximate surface area is 248 Å². The summed E-state index contributed by atoms with van der Waals surface area (Å²) >= 11 is 0. The van der Waals surface area contributed by atoms with Crippen LogP contribution in [0, 0.1) is 13.8 Å². The van der Waals surface area contributed by atoms with Crippen LogP contribution in [0.1, 0.15) is 61.3 Å². The highest BCUT2D eigenvalue weighted by molar-refractivity contribution is 6.03. The highest BCUT2D eigenvalue weighted by atomic mass is 14.9. The molecule has 4 aromatic carbocycles. The number of fused-ring (bicyclic) bond motifs is 7. The van der Waals surface area contributed by atoms with Crippen molar-refractivity contribution in [3.05, 3.63) is 131 Å². The predicted octanol–water partition coefficient (Wildman–Crippen LogP) is 10.2. The van der Waals surface area contributed by atoms with Crippen molar-refractivity contribution in [3.63, 3.8) is 0 Å². The van der Waals surface area contributed by atoms with Crippen LogP contribution in [0.3, 0.4) is 0 Å². The summed E-state index contributed by atoms with van der Waals surface area (Å²) in [4.78, 5) is 9.98. The molecule has 2 aromatic heterocycles. The molecule has 0 saturated carbocycles. The van der Waals surface area contributed by atoms with Gasteiger partial charge >= 0.3 is 0 Å². The molecule has 2 aliphatic rings. The van der Waals surface area contributed by atoms with E-state index in [0.717, 1.165) is 22.4 Å². The second kappa shape index (κ2) is 8.49. The maximum absolute atomic E-state index is 5.09. The van der Waals surface area contributed by atoms with E-state index in [-0.39, 0.29) is 10.8 Å². The fourth-order valence-corrected chi connectivity index (χ4v) is 7.73. The quantitative estimate of drug-likeness (QED) is 0.217. The molecule has 42 heavy (non-hydrogen) atoms. The van der Waals surface area contributed by atoms with Crippen molar-refractivity contribution in [3.8, 4) is 44.5 Å². The van der Waals surface area contributed by atoms with Gasteiger partial charge in [0.05, 0.1) is 0 Å². The fourth-order valence-electron chi connectivity index (χ4n) is 7.73. The molecule has 0 radical (unpaired) electrons. The van der Waals surface area contributed by atoms with Gasteiger partial charge in [-0.05, 0) is 93.7 Å². The van der Waals surface area contributed by atoms with Crippen LogP contribution >= 0.6 is 0 Å². The first kappa shape index (κ1) is 25.2. The summed E-state index contributed by atoms with van der Waals surface area (Å²) in [7, 11) is 0. The van der Waals surface area contributed by atoms with E-state index in [1.807, 2.05) is 6.92 Å². The van der Waals surface area contributed by atoms with E-state index in [9.17, 15) is 0 Å². The monoisotopic (exact) mass is 542 g/mol. The zero-order chi connectivity index (χ0) is 29.0. The van der Waals surface area contributed by atoms with Crippen LogP contribution in [0.5, 0.6) is 0 Å². The molecular weight excluding hydrogens is 508 g/mol. The van der Waals surface area contributed by atoms with E-state index in [2.05, 4.69) is 132 Å². The molecule has 0 bridgehead atoms. The lowest BCUT2D eigenvalue weighted by Crippen LogP contribution is -2.15. The van der Waals surface area contributed by atoms with Gasteiger partial charge in [-0.15, -0.1) is 0 Å². The van der Waals surface area contributed by atoms with E-state index in [4.69, 9.17) is 9.97 Å². The second-order valence-electron chi connectivity index (χ2n) is 13.1. The van der Waals surface area contributed by atoms with Crippen LogP contribution in [0.25, 0.3) is 55.5 Å². The number of aryl methyl sites for hydroxylation is 2. The van der Waals surface area contributed by atoms with Gasteiger partial charge in [0, 0.05) is 38.7 Å². The van der Waals surface area contributed by atoms with Crippen LogP contribution in [0.4, 0.5) is 0 Å². The van der Waals surface area contributed by atoms with Gasteiger partial charge in [-0.25, -0.2) is 9.97 Å². The standard InChI is InChI=1S/C40H34N2/c1-23-15-18-31-37(26-17-20-30-28-12-8-10-14-33(28)40(5,6)35(30)22-26)36(24(2)42-38(31)41-23)25-16-19-29-27-11-7-9-13-32(27)39(3,4)34(29)21-25/h7-22H,1-6H3. The smallest absolute Gasteiger partial charge is 0.160 e. The minimum absolute atomic E-state index is 0.0671. The Morgan fingerprint density at radius 3 is 1.55 bits per heavy atom. The molecule has 0 saturated heterocycles. The first-order chi connectivity index (χ1) is 20.2. The zero-order valence-corrected chi connectivity index (χ0v) is 25.1. The topological polar surface area (TPSA) is 25.8 Å². The Kier molecular flexibility index (Phi) is 5.09. The number of hydrogen-bond acceptors (Lipinski definition) is 2. The molecule has 2 heterocycles. The van der Waals surface area contributed by atoms with Crippen LogP contribution in [0.2, 0.25) is 0 Å². The normalized spacial score (nSPS) is 15.3. The van der Waals surface area contributed by atoms with Crippen molar-refractivity contribution in [1.82, 2.24) is 9.97 Å². The van der Waals surface area contributed by atoms with Gasteiger partial charge in [-0.1, -0.05) is 100 Å². The molecule has 0 unspecified atom stereocenters. The number of benzene rings is 4. The number of rotatable bonds is 2. The maximum Gasteiger partial charge on any atom is 0.160 e.